The zero-order chi connectivity index (χ0) is 25.3. The van der Waals surface area contributed by atoms with Crippen LogP contribution in [0.3, 0.4) is 0 Å². The van der Waals surface area contributed by atoms with E-state index in [4.69, 9.17) is 15.9 Å². The highest BCUT2D eigenvalue weighted by molar-refractivity contribution is 5.94. The summed E-state index contributed by atoms with van der Waals surface area (Å²) in [6.07, 6.45) is -0.664. The summed E-state index contributed by atoms with van der Waals surface area (Å²) in [4.78, 5) is 59.3. The smallest absolute Gasteiger partial charge is 0.326 e. The number of amides is 3. The number of carbonyl (C=O) groups is 5. The number of hydrogen-bond acceptors (Lipinski definition) is 7. The van der Waals surface area contributed by atoms with Gasteiger partial charge in [0.25, 0.3) is 0 Å². The topological polar surface area (TPSA) is 208 Å². The van der Waals surface area contributed by atoms with Gasteiger partial charge in [-0.2, -0.15) is 0 Å². The first-order chi connectivity index (χ1) is 15.3. The number of carboxylic acid groups (broad SMARTS) is 2. The lowest BCUT2D eigenvalue weighted by atomic mass is 10.0. The van der Waals surface area contributed by atoms with Gasteiger partial charge in [-0.3, -0.25) is 19.2 Å². The fourth-order valence-corrected chi connectivity index (χ4v) is 2.81. The monoisotopic (exact) mass is 466 g/mol. The highest BCUT2D eigenvalue weighted by Crippen LogP contribution is 2.11. The first-order valence-electron chi connectivity index (χ1n) is 10.2. The maximum Gasteiger partial charge on any atom is 0.326 e. The van der Waals surface area contributed by atoms with Gasteiger partial charge in [-0.05, 0) is 37.0 Å². The van der Waals surface area contributed by atoms with Crippen LogP contribution in [0.5, 0.6) is 5.75 Å². The van der Waals surface area contributed by atoms with Gasteiger partial charge >= 0.3 is 11.9 Å². The fraction of sp³-hybridized carbons (Fsp3) is 0.476. The van der Waals surface area contributed by atoms with E-state index >= 15 is 0 Å². The normalized spacial score (nSPS) is 14.5. The van der Waals surface area contributed by atoms with Gasteiger partial charge in [-0.25, -0.2) is 4.79 Å². The Kier molecular flexibility index (Phi) is 10.3. The molecule has 0 radical (unpaired) electrons. The van der Waals surface area contributed by atoms with Crippen LogP contribution in [0.25, 0.3) is 0 Å². The van der Waals surface area contributed by atoms with E-state index in [1.54, 1.807) is 26.0 Å². The molecule has 3 amide bonds. The highest BCUT2D eigenvalue weighted by Gasteiger charge is 2.30. The summed E-state index contributed by atoms with van der Waals surface area (Å²) >= 11 is 0. The van der Waals surface area contributed by atoms with E-state index < -0.39 is 60.2 Å². The Morgan fingerprint density at radius 3 is 1.94 bits per heavy atom. The first-order valence-corrected chi connectivity index (χ1v) is 10.2. The van der Waals surface area contributed by atoms with Gasteiger partial charge in [0.15, 0.2) is 0 Å². The molecule has 0 saturated heterocycles. The lowest BCUT2D eigenvalue weighted by molar-refractivity contribution is -0.147. The number of hydrogen-bond donors (Lipinski definition) is 7. The molecule has 12 nitrogen and oxygen atoms in total. The van der Waals surface area contributed by atoms with Crippen molar-refractivity contribution in [2.24, 2.45) is 11.7 Å². The predicted octanol–water partition coefficient (Wildman–Crippen LogP) is -1.05. The van der Waals surface area contributed by atoms with E-state index in [-0.39, 0.29) is 18.1 Å². The average molecular weight is 466 g/mol. The van der Waals surface area contributed by atoms with Crippen molar-refractivity contribution in [3.63, 3.8) is 0 Å². The molecule has 0 heterocycles. The largest absolute Gasteiger partial charge is 0.508 e. The third-order valence-electron chi connectivity index (χ3n) is 4.72. The van der Waals surface area contributed by atoms with E-state index in [0.717, 1.165) is 0 Å². The molecule has 4 atom stereocenters. The maximum absolute atomic E-state index is 12.7. The van der Waals surface area contributed by atoms with Crippen molar-refractivity contribution in [1.82, 2.24) is 16.0 Å². The number of nitrogens with two attached hydrogens (primary N) is 1. The molecule has 0 saturated carbocycles. The number of nitrogens with one attached hydrogen (secondary N) is 3. The molecule has 1 rings (SSSR count). The Morgan fingerprint density at radius 1 is 0.879 bits per heavy atom. The zero-order valence-corrected chi connectivity index (χ0v) is 18.6. The van der Waals surface area contributed by atoms with Gasteiger partial charge < -0.3 is 37.0 Å². The van der Waals surface area contributed by atoms with Gasteiger partial charge in [0.1, 0.15) is 23.9 Å². The second-order valence-electron chi connectivity index (χ2n) is 7.93. The van der Waals surface area contributed by atoms with Crippen molar-refractivity contribution in [3.8, 4) is 5.75 Å². The van der Waals surface area contributed by atoms with Gasteiger partial charge in [-0.1, -0.05) is 26.0 Å². The third kappa shape index (κ3) is 9.15. The summed E-state index contributed by atoms with van der Waals surface area (Å²) in [5.41, 5.74) is 6.64. The van der Waals surface area contributed by atoms with Crippen LogP contribution in [0.1, 0.15) is 32.8 Å². The number of phenolic OH excluding ortho intramolecular Hbond substituents is 1. The zero-order valence-electron chi connectivity index (χ0n) is 18.6. The maximum atomic E-state index is 12.7. The number of carboxylic acids is 2. The molecule has 0 unspecified atom stereocenters. The van der Waals surface area contributed by atoms with Gasteiger partial charge in [0.2, 0.25) is 17.7 Å². The SMILES string of the molecule is CC(C)[C@H](NC(=O)[C@@H](N)Cc1ccc(O)cc1)C(=O)N[C@@H](C)C(=O)N[C@H](CC(=O)O)C(=O)O. The number of phenols is 1. The predicted molar refractivity (Wildman–Crippen MR) is 116 cm³/mol. The Balaban J connectivity index is 2.74. The van der Waals surface area contributed by atoms with Crippen molar-refractivity contribution in [2.75, 3.05) is 0 Å². The van der Waals surface area contributed by atoms with E-state index in [1.807, 2.05) is 0 Å². The van der Waals surface area contributed by atoms with Crippen LogP contribution < -0.4 is 21.7 Å². The summed E-state index contributed by atoms with van der Waals surface area (Å²) in [6.45, 7) is 4.64. The number of rotatable bonds is 12. The molecule has 0 aromatic heterocycles. The Morgan fingerprint density at radius 2 is 1.45 bits per heavy atom. The van der Waals surface area contributed by atoms with Gasteiger partial charge in [0, 0.05) is 0 Å². The second kappa shape index (κ2) is 12.4. The minimum absolute atomic E-state index is 0.0732. The van der Waals surface area contributed by atoms with Crippen LogP contribution in [0.15, 0.2) is 24.3 Å². The van der Waals surface area contributed by atoms with Crippen molar-refractivity contribution in [1.29, 1.82) is 0 Å². The number of carbonyl (C=O) groups excluding carboxylic acids is 3. The first kappa shape index (κ1) is 27.4. The Bertz CT molecular complexity index is 872. The molecule has 1 aromatic rings. The van der Waals surface area contributed by atoms with Crippen molar-refractivity contribution in [2.45, 2.75) is 57.8 Å². The molecule has 1 aromatic carbocycles. The number of aromatic hydroxyl groups is 1. The molecule has 0 aliphatic rings. The summed E-state index contributed by atoms with van der Waals surface area (Å²) in [6, 6.07) is 1.29. The van der Waals surface area contributed by atoms with E-state index in [1.165, 1.54) is 19.1 Å². The third-order valence-corrected chi connectivity index (χ3v) is 4.72. The van der Waals surface area contributed by atoms with Crippen LogP contribution in [-0.2, 0) is 30.4 Å². The molecule has 12 heteroatoms. The highest BCUT2D eigenvalue weighted by atomic mass is 16.4. The summed E-state index contributed by atoms with van der Waals surface area (Å²) < 4.78 is 0. The molecule has 33 heavy (non-hydrogen) atoms. The quantitative estimate of drug-likeness (QED) is 0.200. The summed E-state index contributed by atoms with van der Waals surface area (Å²) in [5, 5.41) is 34.1. The van der Waals surface area contributed by atoms with Crippen LogP contribution in [0, 0.1) is 5.92 Å². The molecule has 0 fully saturated rings. The molecule has 182 valence electrons. The number of benzene rings is 1. The minimum Gasteiger partial charge on any atom is -0.508 e. The molecule has 0 bridgehead atoms. The van der Waals surface area contributed by atoms with E-state index in [0.29, 0.717) is 5.56 Å². The van der Waals surface area contributed by atoms with Crippen LogP contribution in [0.4, 0.5) is 0 Å². The molecular weight excluding hydrogens is 436 g/mol. The van der Waals surface area contributed by atoms with E-state index in [9.17, 15) is 29.1 Å². The minimum atomic E-state index is -1.66. The van der Waals surface area contributed by atoms with Crippen molar-refractivity contribution < 1.29 is 39.3 Å². The van der Waals surface area contributed by atoms with Gasteiger partial charge in [-0.15, -0.1) is 0 Å². The summed E-state index contributed by atoms with van der Waals surface area (Å²) in [7, 11) is 0. The lowest BCUT2D eigenvalue weighted by Gasteiger charge is -2.25. The summed E-state index contributed by atoms with van der Waals surface area (Å²) in [5.74, 6) is -5.42. The van der Waals surface area contributed by atoms with Crippen molar-refractivity contribution in [3.05, 3.63) is 29.8 Å². The average Bonchev–Trinajstić information content (AvgIpc) is 2.71. The van der Waals surface area contributed by atoms with Crippen LogP contribution in [-0.4, -0.2) is 69.1 Å². The molecular formula is C21H30N4O8. The lowest BCUT2D eigenvalue weighted by Crippen LogP contribution is -2.58. The van der Waals surface area contributed by atoms with E-state index in [2.05, 4.69) is 16.0 Å². The molecule has 8 N–H and O–H groups in total. The van der Waals surface area contributed by atoms with Crippen LogP contribution in [0.2, 0.25) is 0 Å². The Hall–Kier alpha value is -3.67. The van der Waals surface area contributed by atoms with Crippen LogP contribution >= 0.6 is 0 Å². The molecule has 0 aliphatic carbocycles. The standard InChI is InChI=1S/C21H30N4O8/c1-10(2)17(25-19(30)14(22)8-12-4-6-13(26)7-5-12)20(31)23-11(3)18(29)24-15(21(32)33)9-16(27)28/h4-7,10-11,14-15,17,26H,8-9,22H2,1-3H3,(H,23,31)(H,24,29)(H,25,30)(H,27,28)(H,32,33)/t11-,14-,15+,17-/m0/s1. The van der Waals surface area contributed by atoms with Gasteiger partial charge in [0.05, 0.1) is 12.5 Å². The molecule has 0 aliphatic heterocycles. The second-order valence-corrected chi connectivity index (χ2v) is 7.93. The number of aliphatic carboxylic acids is 2. The fourth-order valence-electron chi connectivity index (χ4n) is 2.81. The Labute approximate surface area is 190 Å². The van der Waals surface area contributed by atoms with Crippen molar-refractivity contribution >= 4 is 29.7 Å². The molecule has 0 spiro atoms.